The summed E-state index contributed by atoms with van der Waals surface area (Å²) in [6, 6.07) is 0. The van der Waals surface area contributed by atoms with Crippen molar-refractivity contribution in [3.8, 4) is 0 Å². The van der Waals surface area contributed by atoms with Gasteiger partial charge in [0.15, 0.2) is 5.03 Å². The lowest BCUT2D eigenvalue weighted by atomic mass is 9.99. The second kappa shape index (κ2) is 4.85. The first-order chi connectivity index (χ1) is 9.49. The third kappa shape index (κ3) is 2.22. The Bertz CT molecular complexity index is 746. The van der Waals surface area contributed by atoms with Gasteiger partial charge in [0.05, 0.1) is 17.1 Å². The zero-order valence-corrected chi connectivity index (χ0v) is 13.0. The smallest absolute Gasteiger partial charge is 0.276 e. The van der Waals surface area contributed by atoms with Gasteiger partial charge in [-0.25, -0.2) is 0 Å². The van der Waals surface area contributed by atoms with Crippen LogP contribution in [-0.2, 0) is 29.9 Å². The molecular formula is C12H16N4O2S2. The number of hydrogen-bond acceptors (Lipinski definition) is 5. The first kappa shape index (κ1) is 13.6. The highest BCUT2D eigenvalue weighted by Crippen LogP contribution is 2.28. The number of nitrogens with one attached hydrogen (secondary N) is 1. The molecule has 0 radical (unpaired) electrons. The molecule has 0 amide bonds. The van der Waals surface area contributed by atoms with E-state index in [2.05, 4.69) is 14.2 Å². The third-order valence-electron chi connectivity index (χ3n) is 3.51. The molecule has 20 heavy (non-hydrogen) atoms. The normalized spacial score (nSPS) is 15.1. The van der Waals surface area contributed by atoms with Gasteiger partial charge in [-0.2, -0.15) is 17.9 Å². The molecule has 0 atom stereocenters. The van der Waals surface area contributed by atoms with Crippen LogP contribution in [-0.4, -0.2) is 22.6 Å². The number of sulfonamides is 1. The van der Waals surface area contributed by atoms with Gasteiger partial charge in [-0.3, -0.25) is 9.40 Å². The summed E-state index contributed by atoms with van der Waals surface area (Å²) in [6.45, 7) is 1.78. The molecule has 0 aliphatic heterocycles. The minimum Gasteiger partial charge on any atom is -0.276 e. The molecule has 0 bridgehead atoms. The van der Waals surface area contributed by atoms with E-state index in [1.807, 2.05) is 0 Å². The van der Waals surface area contributed by atoms with Gasteiger partial charge < -0.3 is 0 Å². The Morgan fingerprint density at radius 2 is 2.10 bits per heavy atom. The quantitative estimate of drug-likeness (QED) is 0.938. The van der Waals surface area contributed by atoms with Gasteiger partial charge in [-0.15, -0.1) is 0 Å². The van der Waals surface area contributed by atoms with E-state index < -0.39 is 10.0 Å². The maximum Gasteiger partial charge on any atom is 0.279 e. The van der Waals surface area contributed by atoms with Crippen molar-refractivity contribution in [2.24, 2.45) is 7.05 Å². The predicted octanol–water partition coefficient (Wildman–Crippen LogP) is 1.86. The standard InChI is InChI=1S/C12H16N4O2S2/c1-8-11(7-19-14-8)15-20(17,18)12-9-5-3-4-6-10(9)13-16(12)2/h7,15H,3-6H2,1-2H3. The van der Waals surface area contributed by atoms with Gasteiger partial charge in [-0.05, 0) is 44.1 Å². The third-order valence-corrected chi connectivity index (χ3v) is 5.74. The first-order valence-electron chi connectivity index (χ1n) is 6.47. The van der Waals surface area contributed by atoms with Crippen molar-refractivity contribution in [3.63, 3.8) is 0 Å². The molecule has 1 aliphatic carbocycles. The maximum atomic E-state index is 12.6. The fourth-order valence-corrected chi connectivity index (χ4v) is 4.82. The Morgan fingerprint density at radius 3 is 2.80 bits per heavy atom. The number of anilines is 1. The average Bonchev–Trinajstić information content (AvgIpc) is 2.92. The molecule has 3 rings (SSSR count). The Morgan fingerprint density at radius 1 is 1.35 bits per heavy atom. The monoisotopic (exact) mass is 312 g/mol. The van der Waals surface area contributed by atoms with Gasteiger partial charge in [0.2, 0.25) is 0 Å². The van der Waals surface area contributed by atoms with E-state index in [-0.39, 0.29) is 5.03 Å². The lowest BCUT2D eigenvalue weighted by Gasteiger charge is -2.12. The van der Waals surface area contributed by atoms with E-state index >= 15 is 0 Å². The van der Waals surface area contributed by atoms with Crippen molar-refractivity contribution in [3.05, 3.63) is 22.3 Å². The molecule has 0 spiro atoms. The molecule has 1 aliphatic rings. The van der Waals surface area contributed by atoms with E-state index in [9.17, 15) is 8.42 Å². The van der Waals surface area contributed by atoms with Crippen LogP contribution in [0.25, 0.3) is 0 Å². The predicted molar refractivity (Wildman–Crippen MR) is 77.5 cm³/mol. The Kier molecular flexibility index (Phi) is 3.29. The molecule has 6 nitrogen and oxygen atoms in total. The van der Waals surface area contributed by atoms with Crippen LogP contribution < -0.4 is 4.72 Å². The summed E-state index contributed by atoms with van der Waals surface area (Å²) >= 11 is 1.24. The SMILES string of the molecule is Cc1nscc1NS(=O)(=O)c1c2c(nn1C)CCCC2. The lowest BCUT2D eigenvalue weighted by Crippen LogP contribution is -2.19. The van der Waals surface area contributed by atoms with E-state index in [4.69, 9.17) is 0 Å². The fourth-order valence-electron chi connectivity index (χ4n) is 2.57. The van der Waals surface area contributed by atoms with Gasteiger partial charge in [0.1, 0.15) is 0 Å². The van der Waals surface area contributed by atoms with Gasteiger partial charge in [-0.1, -0.05) is 0 Å². The van der Waals surface area contributed by atoms with Crippen LogP contribution in [0.5, 0.6) is 0 Å². The van der Waals surface area contributed by atoms with Crippen molar-refractivity contribution in [1.82, 2.24) is 14.2 Å². The summed E-state index contributed by atoms with van der Waals surface area (Å²) in [5, 5.41) is 6.35. The summed E-state index contributed by atoms with van der Waals surface area (Å²) < 4.78 is 33.4. The maximum absolute atomic E-state index is 12.6. The molecule has 8 heteroatoms. The van der Waals surface area contributed by atoms with Crippen LogP contribution in [0.3, 0.4) is 0 Å². The highest BCUT2D eigenvalue weighted by molar-refractivity contribution is 7.92. The molecule has 1 N–H and O–H groups in total. The number of nitrogens with zero attached hydrogens (tertiary/aromatic N) is 3. The first-order valence-corrected chi connectivity index (χ1v) is 8.79. The largest absolute Gasteiger partial charge is 0.279 e. The molecule has 0 saturated heterocycles. The zero-order valence-electron chi connectivity index (χ0n) is 11.4. The van der Waals surface area contributed by atoms with Crippen LogP contribution in [0.15, 0.2) is 10.4 Å². The molecular weight excluding hydrogens is 296 g/mol. The molecule has 0 unspecified atom stereocenters. The highest BCUT2D eigenvalue weighted by Gasteiger charge is 2.28. The van der Waals surface area contributed by atoms with Crippen molar-refractivity contribution < 1.29 is 8.42 Å². The fraction of sp³-hybridized carbons (Fsp3) is 0.500. The van der Waals surface area contributed by atoms with Crippen molar-refractivity contribution >= 4 is 27.2 Å². The summed E-state index contributed by atoms with van der Waals surface area (Å²) in [7, 11) is -1.93. The number of rotatable bonds is 3. The minimum atomic E-state index is -3.62. The Balaban J connectivity index is 2.04. The van der Waals surface area contributed by atoms with E-state index in [0.717, 1.165) is 36.9 Å². The number of aryl methyl sites for hydroxylation is 3. The molecule has 2 aromatic heterocycles. The summed E-state index contributed by atoms with van der Waals surface area (Å²) in [5.41, 5.74) is 3.02. The van der Waals surface area contributed by atoms with E-state index in [1.54, 1.807) is 19.4 Å². The molecule has 108 valence electrons. The molecule has 0 fully saturated rings. The summed E-state index contributed by atoms with van der Waals surface area (Å²) in [4.78, 5) is 0. The van der Waals surface area contributed by atoms with E-state index in [0.29, 0.717) is 11.4 Å². The molecule has 0 aromatic carbocycles. The molecule has 2 aromatic rings. The lowest BCUT2D eigenvalue weighted by molar-refractivity contribution is 0.579. The van der Waals surface area contributed by atoms with Gasteiger partial charge in [0.25, 0.3) is 10.0 Å². The van der Waals surface area contributed by atoms with Crippen LogP contribution in [0.4, 0.5) is 5.69 Å². The number of aromatic nitrogens is 3. The Hall–Kier alpha value is -1.41. The average molecular weight is 312 g/mol. The summed E-state index contributed by atoms with van der Waals surface area (Å²) in [6.07, 6.45) is 3.72. The van der Waals surface area contributed by atoms with Crippen LogP contribution in [0, 0.1) is 6.92 Å². The summed E-state index contributed by atoms with van der Waals surface area (Å²) in [5.74, 6) is 0. The van der Waals surface area contributed by atoms with Crippen LogP contribution in [0.1, 0.15) is 29.8 Å². The van der Waals surface area contributed by atoms with Crippen LogP contribution >= 0.6 is 11.5 Å². The minimum absolute atomic E-state index is 0.290. The van der Waals surface area contributed by atoms with Gasteiger partial charge >= 0.3 is 0 Å². The van der Waals surface area contributed by atoms with E-state index in [1.165, 1.54) is 16.2 Å². The van der Waals surface area contributed by atoms with Crippen molar-refractivity contribution in [1.29, 1.82) is 0 Å². The van der Waals surface area contributed by atoms with Crippen molar-refractivity contribution in [2.75, 3.05) is 4.72 Å². The molecule has 2 heterocycles. The van der Waals surface area contributed by atoms with Crippen molar-refractivity contribution in [2.45, 2.75) is 37.6 Å². The number of hydrogen-bond donors (Lipinski definition) is 1. The topological polar surface area (TPSA) is 76.9 Å². The Labute approximate surface area is 122 Å². The second-order valence-corrected chi connectivity index (χ2v) is 7.21. The second-order valence-electron chi connectivity index (χ2n) is 4.98. The highest BCUT2D eigenvalue weighted by atomic mass is 32.2. The number of fused-ring (bicyclic) bond motifs is 1. The molecule has 0 saturated carbocycles. The van der Waals surface area contributed by atoms with Gasteiger partial charge in [0, 0.05) is 18.0 Å². The van der Waals surface area contributed by atoms with Crippen LogP contribution in [0.2, 0.25) is 0 Å². The zero-order chi connectivity index (χ0) is 14.3.